The van der Waals surface area contributed by atoms with Crippen LogP contribution in [0.25, 0.3) is 11.1 Å². The normalized spacial score (nSPS) is 17.4. The van der Waals surface area contributed by atoms with Gasteiger partial charge in [0.1, 0.15) is 12.4 Å². The first kappa shape index (κ1) is 26.7. The maximum atomic E-state index is 12.9. The fraction of sp³-hybridized carbons (Fsp3) is 0.385. The molecule has 192 valence electrons. The van der Waals surface area contributed by atoms with Crippen LogP contribution in [0.1, 0.15) is 31.9 Å². The molecule has 0 amide bonds. The Kier molecular flexibility index (Phi) is 9.40. The van der Waals surface area contributed by atoms with Gasteiger partial charge in [-0.25, -0.2) is 4.98 Å². The molecule has 2 bridgehead atoms. The number of carboxylic acid groups (broad SMARTS) is 2. The maximum Gasteiger partial charge on any atom is 0.300 e. The van der Waals surface area contributed by atoms with Crippen molar-refractivity contribution in [3.05, 3.63) is 71.2 Å². The lowest BCUT2D eigenvalue weighted by atomic mass is 9.83. The van der Waals surface area contributed by atoms with Crippen LogP contribution in [0.2, 0.25) is 0 Å². The van der Waals surface area contributed by atoms with Crippen LogP contribution in [0.15, 0.2) is 59.9 Å². The van der Waals surface area contributed by atoms with Crippen molar-refractivity contribution in [1.29, 1.82) is 0 Å². The third-order valence-electron chi connectivity index (χ3n) is 5.83. The van der Waals surface area contributed by atoms with Crippen molar-refractivity contribution in [1.82, 2.24) is 19.4 Å². The fourth-order valence-corrected chi connectivity index (χ4v) is 4.47. The number of pyridine rings is 1. The summed E-state index contributed by atoms with van der Waals surface area (Å²) in [6.07, 6.45) is 6.63. The highest BCUT2D eigenvalue weighted by Crippen LogP contribution is 2.35. The summed E-state index contributed by atoms with van der Waals surface area (Å²) < 4.78 is 10.0. The monoisotopic (exact) mass is 496 g/mol. The Bertz CT molecular complexity index is 1200. The number of aliphatic carboxylic acids is 2. The van der Waals surface area contributed by atoms with Crippen molar-refractivity contribution in [3.8, 4) is 16.9 Å². The Morgan fingerprint density at radius 1 is 1.14 bits per heavy atom. The van der Waals surface area contributed by atoms with Crippen molar-refractivity contribution in [2.24, 2.45) is 5.92 Å². The van der Waals surface area contributed by atoms with E-state index in [1.165, 1.54) is 6.42 Å². The number of nitrogens with one attached hydrogen (secondary N) is 1. The second kappa shape index (κ2) is 12.7. The summed E-state index contributed by atoms with van der Waals surface area (Å²) in [5, 5.41) is 18.3. The molecule has 5 rings (SSSR count). The van der Waals surface area contributed by atoms with E-state index in [1.807, 2.05) is 39.6 Å². The molecular weight excluding hydrogens is 464 g/mol. The Balaban J connectivity index is 0.000000398. The number of imidazole rings is 1. The van der Waals surface area contributed by atoms with Crippen LogP contribution in [0.3, 0.4) is 0 Å². The molecule has 1 saturated heterocycles. The van der Waals surface area contributed by atoms with E-state index in [2.05, 4.69) is 16.4 Å². The lowest BCUT2D eigenvalue weighted by Gasteiger charge is -2.37. The summed E-state index contributed by atoms with van der Waals surface area (Å²) in [5.41, 5.74) is 3.16. The van der Waals surface area contributed by atoms with Gasteiger partial charge in [-0.3, -0.25) is 14.4 Å². The molecule has 0 aliphatic carbocycles. The zero-order chi connectivity index (χ0) is 26.1. The van der Waals surface area contributed by atoms with Crippen molar-refractivity contribution in [3.63, 3.8) is 0 Å². The van der Waals surface area contributed by atoms with Gasteiger partial charge in [-0.05, 0) is 36.6 Å². The molecule has 10 heteroatoms. The molecule has 0 unspecified atom stereocenters. The Morgan fingerprint density at radius 2 is 1.86 bits per heavy atom. The molecule has 4 heterocycles. The largest absolute Gasteiger partial charge is 0.491 e. The van der Waals surface area contributed by atoms with E-state index in [9.17, 15) is 4.79 Å². The average Bonchev–Trinajstić information content (AvgIpc) is 3.33. The minimum atomic E-state index is -0.833. The second-order valence-electron chi connectivity index (χ2n) is 8.76. The highest BCUT2D eigenvalue weighted by atomic mass is 16.5. The Labute approximate surface area is 209 Å². The molecule has 0 spiro atoms. The molecule has 0 saturated carbocycles. The highest BCUT2D eigenvalue weighted by Gasteiger charge is 2.31. The van der Waals surface area contributed by atoms with E-state index in [-0.39, 0.29) is 5.56 Å². The summed E-state index contributed by atoms with van der Waals surface area (Å²) in [7, 11) is 0. The predicted octanol–water partition coefficient (Wildman–Crippen LogP) is 2.68. The van der Waals surface area contributed by atoms with Gasteiger partial charge in [0.15, 0.2) is 0 Å². The van der Waals surface area contributed by atoms with Crippen molar-refractivity contribution in [2.75, 3.05) is 19.7 Å². The van der Waals surface area contributed by atoms with E-state index >= 15 is 0 Å². The van der Waals surface area contributed by atoms with Crippen LogP contribution in [0.5, 0.6) is 5.75 Å². The first-order valence-electron chi connectivity index (χ1n) is 11.8. The van der Waals surface area contributed by atoms with Crippen molar-refractivity contribution < 1.29 is 24.5 Å². The molecule has 2 aliphatic rings. The number of ether oxygens (including phenoxy) is 1. The zero-order valence-electron chi connectivity index (χ0n) is 20.5. The zero-order valence-corrected chi connectivity index (χ0v) is 20.5. The van der Waals surface area contributed by atoms with E-state index < -0.39 is 11.9 Å². The summed E-state index contributed by atoms with van der Waals surface area (Å²) in [4.78, 5) is 34.9. The van der Waals surface area contributed by atoms with E-state index in [4.69, 9.17) is 24.5 Å². The number of benzene rings is 1. The topological polar surface area (TPSA) is 136 Å². The van der Waals surface area contributed by atoms with E-state index in [0.29, 0.717) is 18.4 Å². The van der Waals surface area contributed by atoms with E-state index in [1.54, 1.807) is 18.6 Å². The predicted molar refractivity (Wildman–Crippen MR) is 134 cm³/mol. The minimum absolute atomic E-state index is 0.0947. The number of carboxylic acids is 2. The van der Waals surface area contributed by atoms with Crippen molar-refractivity contribution in [2.45, 2.75) is 39.3 Å². The third kappa shape index (κ3) is 7.54. The van der Waals surface area contributed by atoms with Crippen LogP contribution in [0, 0.1) is 5.92 Å². The summed E-state index contributed by atoms with van der Waals surface area (Å²) >= 11 is 0. The molecule has 10 nitrogen and oxygen atoms in total. The first-order chi connectivity index (χ1) is 17.2. The van der Waals surface area contributed by atoms with Crippen LogP contribution >= 0.6 is 0 Å². The van der Waals surface area contributed by atoms with Crippen LogP contribution < -0.4 is 15.6 Å². The molecular formula is C26H32N4O6. The number of aromatic nitrogens is 3. The van der Waals surface area contributed by atoms with Gasteiger partial charge in [-0.1, -0.05) is 18.2 Å². The molecule has 1 fully saturated rings. The average molecular weight is 497 g/mol. The number of para-hydroxylation sites is 1. The minimum Gasteiger partial charge on any atom is -0.491 e. The first-order valence-corrected chi connectivity index (χ1v) is 11.8. The number of nitrogens with zero attached hydrogens (tertiary/aromatic N) is 3. The maximum absolute atomic E-state index is 12.9. The lowest BCUT2D eigenvalue weighted by molar-refractivity contribution is -0.135. The van der Waals surface area contributed by atoms with Gasteiger partial charge < -0.3 is 29.4 Å². The smallest absolute Gasteiger partial charge is 0.300 e. The van der Waals surface area contributed by atoms with Gasteiger partial charge >= 0.3 is 0 Å². The van der Waals surface area contributed by atoms with Gasteiger partial charge in [0.05, 0.1) is 12.9 Å². The number of rotatable bonds is 5. The third-order valence-corrected chi connectivity index (χ3v) is 5.83. The number of hydrogen-bond donors (Lipinski definition) is 3. The van der Waals surface area contributed by atoms with Crippen molar-refractivity contribution >= 4 is 11.9 Å². The van der Waals surface area contributed by atoms with Gasteiger partial charge in [0, 0.05) is 62.6 Å². The summed E-state index contributed by atoms with van der Waals surface area (Å²) in [6, 6.07) is 11.9. The SMILES string of the molecule is CC(=O)O.CC(=O)O.O=c1cc(-c2ccccc2OCCn2ccnc2)cc2n1C[C@@H]1CNC[C@H]2C1. The van der Waals surface area contributed by atoms with Gasteiger partial charge in [-0.2, -0.15) is 0 Å². The quantitative estimate of drug-likeness (QED) is 0.491. The van der Waals surface area contributed by atoms with Crippen LogP contribution in [-0.2, 0) is 22.7 Å². The van der Waals surface area contributed by atoms with Crippen LogP contribution in [-0.4, -0.2) is 56.0 Å². The number of carbonyl (C=O) groups is 2. The molecule has 2 aromatic heterocycles. The summed E-state index contributed by atoms with van der Waals surface area (Å²) in [6.45, 7) is 6.23. The number of piperidine rings is 1. The Morgan fingerprint density at radius 3 is 2.56 bits per heavy atom. The van der Waals surface area contributed by atoms with E-state index in [0.717, 1.165) is 62.6 Å². The summed E-state index contributed by atoms with van der Waals surface area (Å²) in [5.74, 6) is 0.116. The fourth-order valence-electron chi connectivity index (χ4n) is 4.47. The molecule has 36 heavy (non-hydrogen) atoms. The molecule has 3 aromatic rings. The van der Waals surface area contributed by atoms with Gasteiger partial charge in [-0.15, -0.1) is 0 Å². The number of hydrogen-bond acceptors (Lipinski definition) is 6. The lowest BCUT2D eigenvalue weighted by Crippen LogP contribution is -2.44. The Hall–Kier alpha value is -3.92. The molecule has 3 N–H and O–H groups in total. The molecule has 2 aliphatic heterocycles. The standard InChI is InChI=1S/C22H24N4O2.2C2H4O2/c27-22-11-17(10-20-18-9-16(12-24-13-18)14-26(20)22)19-3-1-2-4-21(19)28-8-7-25-6-5-23-15-25;2*1-2(3)4/h1-6,10-11,15-16,18,24H,7-9,12-14H2;2*1H3,(H,3,4)/t16-,18+;;/m0../s1. The van der Waals surface area contributed by atoms with Gasteiger partial charge in [0.2, 0.25) is 0 Å². The number of fused-ring (bicyclic) bond motifs is 4. The molecule has 1 aromatic carbocycles. The highest BCUT2D eigenvalue weighted by molar-refractivity contribution is 5.70. The molecule has 0 radical (unpaired) electrons. The van der Waals surface area contributed by atoms with Gasteiger partial charge in [0.25, 0.3) is 17.5 Å². The van der Waals surface area contributed by atoms with Crippen LogP contribution in [0.4, 0.5) is 0 Å². The molecule has 2 atom stereocenters. The second-order valence-corrected chi connectivity index (χ2v) is 8.76.